The van der Waals surface area contributed by atoms with Crippen LogP contribution in [0.15, 0.2) is 23.2 Å². The molecule has 0 spiro atoms. The molecule has 1 aromatic carbocycles. The Morgan fingerprint density at radius 3 is 2.09 bits per heavy atom. The third-order valence-electron chi connectivity index (χ3n) is 2.72. The molecule has 0 bridgehead atoms. The number of rotatable bonds is 2. The van der Waals surface area contributed by atoms with Crippen LogP contribution in [0.2, 0.25) is 10.0 Å². The number of benzene rings is 1. The van der Waals surface area contributed by atoms with Gasteiger partial charge >= 0.3 is 35.7 Å². The number of carboxylic acids is 1. The first-order valence-electron chi connectivity index (χ1n) is 5.24. The smallest absolute Gasteiger partial charge is 0.542 e. The number of nitrogens with one attached hydrogen (secondary N) is 1. The van der Waals surface area contributed by atoms with E-state index in [9.17, 15) is 27.9 Å². The standard InChI is InChI=1S/C11H5Cl2F3N2O3.Na/c12-5-1-4(2-6(13)3-5)10(11(14,15)16)9(21)17-7(18-10)8(19)20;/h1-3H,(H,19,20)(H,17,18,21);/q;+1/p-1. The van der Waals surface area contributed by atoms with Gasteiger partial charge in [0.25, 0.3) is 11.4 Å². The Labute approximate surface area is 153 Å². The van der Waals surface area contributed by atoms with E-state index in [4.69, 9.17) is 23.2 Å². The van der Waals surface area contributed by atoms with Crippen LogP contribution in [0.1, 0.15) is 5.56 Å². The molecule has 1 N–H and O–H groups in total. The molecule has 1 aromatic rings. The monoisotopic (exact) mass is 362 g/mol. The van der Waals surface area contributed by atoms with Crippen molar-refractivity contribution in [1.29, 1.82) is 0 Å². The number of carbonyl (C=O) groups is 2. The number of amides is 1. The molecule has 0 saturated carbocycles. The Hall–Kier alpha value is -0.800. The maximum Gasteiger partial charge on any atom is 1.00 e. The quantitative estimate of drug-likeness (QED) is 0.620. The van der Waals surface area contributed by atoms with Crippen LogP contribution in [-0.2, 0) is 15.1 Å². The summed E-state index contributed by atoms with van der Waals surface area (Å²) in [5.74, 6) is -4.93. The predicted molar refractivity (Wildman–Crippen MR) is 64.8 cm³/mol. The van der Waals surface area contributed by atoms with Gasteiger partial charge in [0.1, 0.15) is 5.97 Å². The molecule has 0 aliphatic carbocycles. The number of hydrogen-bond acceptors (Lipinski definition) is 4. The summed E-state index contributed by atoms with van der Waals surface area (Å²) in [7, 11) is 0. The number of nitrogens with zero attached hydrogens (tertiary/aromatic N) is 1. The van der Waals surface area contributed by atoms with E-state index in [1.807, 2.05) is 0 Å². The number of aliphatic imine (C=N–C) groups is 1. The Morgan fingerprint density at radius 1 is 1.23 bits per heavy atom. The van der Waals surface area contributed by atoms with Gasteiger partial charge in [0, 0.05) is 15.6 Å². The van der Waals surface area contributed by atoms with Crippen molar-refractivity contribution in [2.24, 2.45) is 4.99 Å². The molecule has 0 radical (unpaired) electrons. The molecule has 2 rings (SSSR count). The third kappa shape index (κ3) is 3.11. The van der Waals surface area contributed by atoms with E-state index < -0.39 is 35.0 Å². The van der Waals surface area contributed by atoms with Gasteiger partial charge in [-0.1, -0.05) is 23.2 Å². The zero-order chi connectivity index (χ0) is 16.0. The number of carbonyl (C=O) groups excluding carboxylic acids is 2. The van der Waals surface area contributed by atoms with Crippen molar-refractivity contribution in [3.05, 3.63) is 33.8 Å². The maximum atomic E-state index is 13.4. The van der Waals surface area contributed by atoms with Crippen molar-refractivity contribution in [2.75, 3.05) is 0 Å². The molecular weight excluding hydrogens is 359 g/mol. The van der Waals surface area contributed by atoms with Crippen LogP contribution in [0, 0.1) is 0 Å². The minimum atomic E-state index is -5.21. The Kier molecular flexibility index (Phi) is 5.57. The number of hydrogen-bond donors (Lipinski definition) is 1. The van der Waals surface area contributed by atoms with E-state index in [2.05, 4.69) is 4.99 Å². The number of carboxylic acid groups (broad SMARTS) is 1. The van der Waals surface area contributed by atoms with Gasteiger partial charge in [0.15, 0.2) is 5.84 Å². The van der Waals surface area contributed by atoms with Gasteiger partial charge in [0.2, 0.25) is 0 Å². The molecule has 0 saturated heterocycles. The summed E-state index contributed by atoms with van der Waals surface area (Å²) in [6.45, 7) is 0. The minimum Gasteiger partial charge on any atom is -0.542 e. The SMILES string of the molecule is O=C([O-])C1=NC(c2cc(Cl)cc(Cl)c2)(C(F)(F)F)C(=O)N1.[Na+]. The van der Waals surface area contributed by atoms with Crippen LogP contribution in [0.25, 0.3) is 0 Å². The second-order valence-electron chi connectivity index (χ2n) is 4.07. The van der Waals surface area contributed by atoms with Crippen molar-refractivity contribution in [2.45, 2.75) is 11.7 Å². The van der Waals surface area contributed by atoms with Crippen LogP contribution in [-0.4, -0.2) is 23.9 Å². The van der Waals surface area contributed by atoms with E-state index >= 15 is 0 Å². The van der Waals surface area contributed by atoms with Crippen molar-refractivity contribution in [3.63, 3.8) is 0 Å². The first-order chi connectivity index (χ1) is 9.58. The zero-order valence-corrected chi connectivity index (χ0v) is 14.3. The van der Waals surface area contributed by atoms with Gasteiger partial charge < -0.3 is 15.2 Å². The molecule has 22 heavy (non-hydrogen) atoms. The first kappa shape index (κ1) is 19.2. The summed E-state index contributed by atoms with van der Waals surface area (Å²) < 4.78 is 40.2. The van der Waals surface area contributed by atoms with Gasteiger partial charge in [-0.05, 0) is 18.2 Å². The minimum absolute atomic E-state index is 0. The summed E-state index contributed by atoms with van der Waals surface area (Å²) in [5.41, 5.74) is -4.13. The van der Waals surface area contributed by atoms with E-state index in [0.717, 1.165) is 18.2 Å². The molecule has 0 aromatic heterocycles. The van der Waals surface area contributed by atoms with Crippen LogP contribution < -0.4 is 40.0 Å². The molecular formula is C11H4Cl2F3N2NaO3. The van der Waals surface area contributed by atoms with Crippen LogP contribution in [0.3, 0.4) is 0 Å². The number of halogens is 5. The normalized spacial score (nSPS) is 21.0. The number of aliphatic carboxylic acids is 1. The average molecular weight is 363 g/mol. The summed E-state index contributed by atoms with van der Waals surface area (Å²) in [6, 6.07) is 2.83. The average Bonchev–Trinajstić information content (AvgIpc) is 2.66. The number of alkyl halides is 3. The first-order valence-corrected chi connectivity index (χ1v) is 5.99. The third-order valence-corrected chi connectivity index (χ3v) is 3.16. The molecule has 1 aliphatic rings. The van der Waals surface area contributed by atoms with Gasteiger partial charge in [-0.15, -0.1) is 0 Å². The Balaban J connectivity index is 0.00000242. The van der Waals surface area contributed by atoms with Crippen molar-refractivity contribution >= 4 is 40.9 Å². The second-order valence-corrected chi connectivity index (χ2v) is 4.94. The molecule has 1 unspecified atom stereocenters. The molecule has 1 heterocycles. The van der Waals surface area contributed by atoms with Gasteiger partial charge in [-0.25, -0.2) is 4.99 Å². The van der Waals surface area contributed by atoms with Crippen LogP contribution >= 0.6 is 23.2 Å². The van der Waals surface area contributed by atoms with Gasteiger partial charge in [-0.2, -0.15) is 13.2 Å². The van der Waals surface area contributed by atoms with Gasteiger partial charge in [-0.3, -0.25) is 4.79 Å². The molecule has 0 fully saturated rings. The molecule has 112 valence electrons. The topological polar surface area (TPSA) is 81.6 Å². The summed E-state index contributed by atoms with van der Waals surface area (Å²) in [4.78, 5) is 25.4. The fraction of sp³-hybridized carbons (Fsp3) is 0.182. The summed E-state index contributed by atoms with van der Waals surface area (Å²) in [6.07, 6.45) is -5.21. The van der Waals surface area contributed by atoms with E-state index in [-0.39, 0.29) is 39.6 Å². The predicted octanol–water partition coefficient (Wildman–Crippen LogP) is -1.97. The van der Waals surface area contributed by atoms with E-state index in [1.54, 1.807) is 0 Å². The van der Waals surface area contributed by atoms with Crippen molar-refractivity contribution in [1.82, 2.24) is 5.32 Å². The molecule has 1 atom stereocenters. The Morgan fingerprint density at radius 2 is 1.73 bits per heavy atom. The molecule has 1 aliphatic heterocycles. The fourth-order valence-corrected chi connectivity index (χ4v) is 2.38. The van der Waals surface area contributed by atoms with Crippen molar-refractivity contribution in [3.8, 4) is 0 Å². The fourth-order valence-electron chi connectivity index (χ4n) is 1.86. The Bertz CT molecular complexity index is 661. The molecule has 1 amide bonds. The largest absolute Gasteiger partial charge is 1.00 e. The van der Waals surface area contributed by atoms with Crippen molar-refractivity contribution < 1.29 is 57.4 Å². The number of amidine groups is 1. The molecule has 5 nitrogen and oxygen atoms in total. The summed E-state index contributed by atoms with van der Waals surface area (Å²) in [5, 5.41) is 11.9. The second kappa shape index (κ2) is 6.37. The zero-order valence-electron chi connectivity index (χ0n) is 10.8. The van der Waals surface area contributed by atoms with Crippen LogP contribution in [0.4, 0.5) is 13.2 Å². The van der Waals surface area contributed by atoms with E-state index in [1.165, 1.54) is 5.32 Å². The molecule has 11 heteroatoms. The van der Waals surface area contributed by atoms with Gasteiger partial charge in [0.05, 0.1) is 0 Å². The van der Waals surface area contributed by atoms with Crippen LogP contribution in [0.5, 0.6) is 0 Å². The van der Waals surface area contributed by atoms with E-state index in [0.29, 0.717) is 0 Å². The summed E-state index contributed by atoms with van der Waals surface area (Å²) >= 11 is 11.3. The maximum absolute atomic E-state index is 13.4.